The van der Waals surface area contributed by atoms with E-state index in [2.05, 4.69) is 11.5 Å². The molecule has 0 bridgehead atoms. The zero-order valence-corrected chi connectivity index (χ0v) is 10.8. The molecule has 0 aliphatic rings. The predicted molar refractivity (Wildman–Crippen MR) is 49.8 cm³/mol. The Hall–Kier alpha value is -0.390. The second-order valence-electron chi connectivity index (χ2n) is 3.99. The predicted octanol–water partition coefficient (Wildman–Crippen LogP) is -2.25. The van der Waals surface area contributed by atoms with E-state index in [4.69, 9.17) is 4.89 Å². The van der Waals surface area contributed by atoms with E-state index in [0.717, 1.165) is 11.0 Å². The van der Waals surface area contributed by atoms with Crippen LogP contribution in [0.5, 0.6) is 0 Å². The molecule has 0 fully saturated rings. The van der Waals surface area contributed by atoms with Crippen molar-refractivity contribution in [2.45, 2.75) is 6.92 Å². The summed E-state index contributed by atoms with van der Waals surface area (Å²) in [5, 5.41) is 0. The molecule has 0 aromatic carbocycles. The molecule has 0 saturated carbocycles. The Morgan fingerprint density at radius 2 is 1.86 bits per heavy atom. The number of carbonyl (C=O) groups excluding carboxylic acids is 1. The van der Waals surface area contributed by atoms with Gasteiger partial charge in [0.2, 0.25) is 0 Å². The fraction of sp³-hybridized carbons (Fsp3) is 0.667. The SMILES string of the molecule is C=C(C)C(=O)OOCC[N+](C)(C)C.[Br-]. The average Bonchev–Trinajstić information content (AvgIpc) is 1.95. The smallest absolute Gasteiger partial charge is 0.368 e. The van der Waals surface area contributed by atoms with Crippen molar-refractivity contribution in [1.29, 1.82) is 0 Å². The van der Waals surface area contributed by atoms with E-state index >= 15 is 0 Å². The van der Waals surface area contributed by atoms with Crippen LogP contribution in [0.3, 0.4) is 0 Å². The highest BCUT2D eigenvalue weighted by molar-refractivity contribution is 5.86. The number of carbonyl (C=O) groups is 1. The third kappa shape index (κ3) is 9.70. The lowest BCUT2D eigenvalue weighted by molar-refractivity contribution is -0.871. The molecule has 4 nitrogen and oxygen atoms in total. The highest BCUT2D eigenvalue weighted by Crippen LogP contribution is 1.94. The molecule has 14 heavy (non-hydrogen) atoms. The van der Waals surface area contributed by atoms with Crippen molar-refractivity contribution in [1.82, 2.24) is 0 Å². The van der Waals surface area contributed by atoms with Crippen molar-refractivity contribution in [3.05, 3.63) is 12.2 Å². The summed E-state index contributed by atoms with van der Waals surface area (Å²) < 4.78 is 0.768. The molecule has 0 heterocycles. The topological polar surface area (TPSA) is 35.5 Å². The average molecular weight is 268 g/mol. The van der Waals surface area contributed by atoms with Crippen LogP contribution in [0.2, 0.25) is 0 Å². The summed E-state index contributed by atoms with van der Waals surface area (Å²) in [5.41, 5.74) is 0.338. The Bertz CT molecular complexity index is 199. The van der Waals surface area contributed by atoms with Crippen LogP contribution >= 0.6 is 0 Å². The van der Waals surface area contributed by atoms with Crippen molar-refractivity contribution in [2.75, 3.05) is 34.3 Å². The highest BCUT2D eigenvalue weighted by Gasteiger charge is 2.08. The third-order valence-corrected chi connectivity index (χ3v) is 1.33. The summed E-state index contributed by atoms with van der Waals surface area (Å²) in [7, 11) is 6.10. The molecular weight excluding hydrogens is 250 g/mol. The van der Waals surface area contributed by atoms with Crippen molar-refractivity contribution in [3.63, 3.8) is 0 Å². The third-order valence-electron chi connectivity index (χ3n) is 1.33. The summed E-state index contributed by atoms with van der Waals surface area (Å²) >= 11 is 0. The van der Waals surface area contributed by atoms with Gasteiger partial charge in [0.25, 0.3) is 0 Å². The van der Waals surface area contributed by atoms with E-state index < -0.39 is 5.97 Å². The van der Waals surface area contributed by atoms with Crippen LogP contribution in [0.15, 0.2) is 12.2 Å². The van der Waals surface area contributed by atoms with Gasteiger partial charge in [0, 0.05) is 5.57 Å². The summed E-state index contributed by atoms with van der Waals surface area (Å²) in [5.74, 6) is -0.513. The quantitative estimate of drug-likeness (QED) is 0.186. The first kappa shape index (κ1) is 16.1. The minimum atomic E-state index is -0.513. The molecule has 0 radical (unpaired) electrons. The first-order chi connectivity index (χ1) is 5.83. The van der Waals surface area contributed by atoms with Gasteiger partial charge >= 0.3 is 5.97 Å². The van der Waals surface area contributed by atoms with Gasteiger partial charge in [-0.3, -0.25) is 4.89 Å². The minimum Gasteiger partial charge on any atom is -1.00 e. The Balaban J connectivity index is 0. The van der Waals surface area contributed by atoms with Gasteiger partial charge in [-0.2, -0.15) is 4.89 Å². The van der Waals surface area contributed by atoms with Gasteiger partial charge in [-0.05, 0) is 6.92 Å². The molecule has 0 rings (SSSR count). The van der Waals surface area contributed by atoms with Crippen LogP contribution in [-0.4, -0.2) is 44.7 Å². The zero-order chi connectivity index (χ0) is 10.5. The largest absolute Gasteiger partial charge is 1.00 e. The molecule has 84 valence electrons. The molecule has 0 spiro atoms. The van der Waals surface area contributed by atoms with E-state index in [1.54, 1.807) is 6.92 Å². The van der Waals surface area contributed by atoms with Gasteiger partial charge in [-0.15, -0.1) is 0 Å². The van der Waals surface area contributed by atoms with Crippen molar-refractivity contribution < 1.29 is 36.0 Å². The molecule has 0 atom stereocenters. The van der Waals surface area contributed by atoms with Gasteiger partial charge in [-0.1, -0.05) is 6.58 Å². The summed E-state index contributed by atoms with van der Waals surface area (Å²) in [6.07, 6.45) is 0. The molecule has 0 N–H and O–H groups in total. The minimum absolute atomic E-state index is 0. The molecular formula is C9H18BrNO3. The second kappa shape index (κ2) is 6.98. The van der Waals surface area contributed by atoms with Crippen LogP contribution in [0.25, 0.3) is 0 Å². The lowest BCUT2D eigenvalue weighted by Crippen LogP contribution is -3.00. The van der Waals surface area contributed by atoms with E-state index in [9.17, 15) is 4.79 Å². The molecule has 0 aliphatic heterocycles. The number of quaternary nitrogens is 1. The number of hydrogen-bond acceptors (Lipinski definition) is 3. The van der Waals surface area contributed by atoms with Gasteiger partial charge in [0.15, 0.2) is 0 Å². The normalized spacial score (nSPS) is 10.3. The van der Waals surface area contributed by atoms with Gasteiger partial charge in [-0.25, -0.2) is 4.79 Å². The molecule has 0 unspecified atom stereocenters. The fourth-order valence-electron chi connectivity index (χ4n) is 0.477. The lowest BCUT2D eigenvalue weighted by atomic mass is 10.4. The summed E-state index contributed by atoms with van der Waals surface area (Å²) in [6.45, 7) is 6.17. The van der Waals surface area contributed by atoms with Crippen molar-refractivity contribution in [2.24, 2.45) is 0 Å². The Labute approximate surface area is 95.8 Å². The molecule has 0 saturated heterocycles. The Morgan fingerprint density at radius 1 is 1.36 bits per heavy atom. The number of halogens is 1. The Kier molecular flexibility index (Phi) is 8.00. The first-order valence-corrected chi connectivity index (χ1v) is 4.13. The fourth-order valence-corrected chi connectivity index (χ4v) is 0.477. The standard InChI is InChI=1S/C9H18NO3.BrH/c1-8(2)9(11)13-12-7-6-10(3,4)5;/h1,6-7H2,2-5H3;1H/q+1;/p-1. The van der Waals surface area contributed by atoms with Crippen LogP contribution in [0, 0.1) is 0 Å². The van der Waals surface area contributed by atoms with E-state index in [1.165, 1.54) is 0 Å². The first-order valence-electron chi connectivity index (χ1n) is 4.13. The van der Waals surface area contributed by atoms with Crippen LogP contribution < -0.4 is 17.0 Å². The Morgan fingerprint density at radius 3 is 2.21 bits per heavy atom. The van der Waals surface area contributed by atoms with Crippen LogP contribution in [0.4, 0.5) is 0 Å². The van der Waals surface area contributed by atoms with Gasteiger partial charge in [0.1, 0.15) is 13.2 Å². The number of rotatable bonds is 5. The van der Waals surface area contributed by atoms with E-state index in [-0.39, 0.29) is 17.0 Å². The molecule has 0 aromatic heterocycles. The maximum absolute atomic E-state index is 10.8. The van der Waals surface area contributed by atoms with Crippen molar-refractivity contribution in [3.8, 4) is 0 Å². The zero-order valence-electron chi connectivity index (χ0n) is 9.17. The van der Waals surface area contributed by atoms with E-state index in [0.29, 0.717) is 12.2 Å². The maximum atomic E-state index is 10.8. The number of hydrogen-bond donors (Lipinski definition) is 0. The van der Waals surface area contributed by atoms with Gasteiger partial charge < -0.3 is 21.5 Å². The summed E-state index contributed by atoms with van der Waals surface area (Å²) in [6, 6.07) is 0. The van der Waals surface area contributed by atoms with E-state index in [1.807, 2.05) is 21.1 Å². The van der Waals surface area contributed by atoms with Crippen LogP contribution in [0.1, 0.15) is 6.92 Å². The summed E-state index contributed by atoms with van der Waals surface area (Å²) in [4.78, 5) is 20.0. The molecule has 0 aliphatic carbocycles. The van der Waals surface area contributed by atoms with Gasteiger partial charge in [0.05, 0.1) is 21.1 Å². The monoisotopic (exact) mass is 267 g/mol. The highest BCUT2D eigenvalue weighted by atomic mass is 79.9. The molecule has 0 amide bonds. The maximum Gasteiger partial charge on any atom is 0.368 e. The molecule has 0 aromatic rings. The number of nitrogens with zero attached hydrogens (tertiary/aromatic N) is 1. The van der Waals surface area contributed by atoms with Crippen molar-refractivity contribution >= 4 is 5.97 Å². The second-order valence-corrected chi connectivity index (χ2v) is 3.99. The molecule has 5 heteroatoms. The number of likely N-dealkylation sites (N-methyl/N-ethyl adjacent to an activating group) is 1. The van der Waals surface area contributed by atoms with Crippen LogP contribution in [-0.2, 0) is 14.6 Å². The lowest BCUT2D eigenvalue weighted by Gasteiger charge is -2.22.